The summed E-state index contributed by atoms with van der Waals surface area (Å²) in [5, 5.41) is 0. The molecule has 0 aliphatic rings. The SMILES string of the molecule is COC(C)(C)CCC(=O)CSc1cccc(Br)c1. The number of methoxy groups -OCH3 is 1. The van der Waals surface area contributed by atoms with Crippen LogP contribution in [0.2, 0.25) is 0 Å². The van der Waals surface area contributed by atoms with E-state index >= 15 is 0 Å². The molecule has 0 aromatic heterocycles. The quantitative estimate of drug-likeness (QED) is 0.696. The molecule has 100 valence electrons. The van der Waals surface area contributed by atoms with Crippen molar-refractivity contribution in [3.63, 3.8) is 0 Å². The number of thioether (sulfide) groups is 1. The van der Waals surface area contributed by atoms with E-state index in [1.165, 1.54) is 0 Å². The number of Topliss-reactive ketones (excluding diaryl/α,β-unsaturated/α-hetero) is 1. The summed E-state index contributed by atoms with van der Waals surface area (Å²) >= 11 is 5.00. The van der Waals surface area contributed by atoms with Gasteiger partial charge in [-0.05, 0) is 38.5 Å². The average Bonchev–Trinajstić information content (AvgIpc) is 2.34. The first kappa shape index (κ1) is 15.7. The predicted molar refractivity (Wildman–Crippen MR) is 80.2 cm³/mol. The fourth-order valence-corrected chi connectivity index (χ4v) is 2.74. The summed E-state index contributed by atoms with van der Waals surface area (Å²) in [6.07, 6.45) is 1.34. The van der Waals surface area contributed by atoms with Crippen molar-refractivity contribution in [3.05, 3.63) is 28.7 Å². The Kier molecular flexibility index (Phi) is 6.39. The van der Waals surface area contributed by atoms with Crippen molar-refractivity contribution < 1.29 is 9.53 Å². The molecule has 0 aliphatic carbocycles. The lowest BCUT2D eigenvalue weighted by Crippen LogP contribution is -2.23. The monoisotopic (exact) mass is 330 g/mol. The third-order valence-corrected chi connectivity index (χ3v) is 4.30. The number of ketones is 1. The Morgan fingerprint density at radius 3 is 2.78 bits per heavy atom. The largest absolute Gasteiger partial charge is 0.379 e. The smallest absolute Gasteiger partial charge is 0.143 e. The lowest BCUT2D eigenvalue weighted by Gasteiger charge is -2.22. The lowest BCUT2D eigenvalue weighted by atomic mass is 10.0. The van der Waals surface area contributed by atoms with E-state index in [1.807, 2.05) is 38.1 Å². The van der Waals surface area contributed by atoms with Gasteiger partial charge in [-0.25, -0.2) is 0 Å². The van der Waals surface area contributed by atoms with E-state index in [1.54, 1.807) is 18.9 Å². The normalized spacial score (nSPS) is 11.6. The van der Waals surface area contributed by atoms with Gasteiger partial charge in [0.05, 0.1) is 11.4 Å². The molecular weight excluding hydrogens is 312 g/mol. The zero-order valence-electron chi connectivity index (χ0n) is 11.0. The van der Waals surface area contributed by atoms with Gasteiger partial charge in [-0.2, -0.15) is 0 Å². The van der Waals surface area contributed by atoms with Crippen molar-refractivity contribution in [2.75, 3.05) is 12.9 Å². The third-order valence-electron chi connectivity index (χ3n) is 2.75. The second-order valence-corrected chi connectivity index (χ2v) is 6.71. The van der Waals surface area contributed by atoms with E-state index < -0.39 is 0 Å². The molecule has 0 N–H and O–H groups in total. The van der Waals surface area contributed by atoms with Crippen LogP contribution in [0.5, 0.6) is 0 Å². The van der Waals surface area contributed by atoms with Gasteiger partial charge in [-0.15, -0.1) is 11.8 Å². The summed E-state index contributed by atoms with van der Waals surface area (Å²) in [7, 11) is 1.68. The van der Waals surface area contributed by atoms with Gasteiger partial charge >= 0.3 is 0 Å². The van der Waals surface area contributed by atoms with Gasteiger partial charge in [0.15, 0.2) is 0 Å². The number of benzene rings is 1. The first-order valence-corrected chi connectivity index (χ1v) is 7.66. The van der Waals surface area contributed by atoms with Crippen molar-refractivity contribution in [3.8, 4) is 0 Å². The molecule has 0 heterocycles. The highest BCUT2D eigenvalue weighted by Gasteiger charge is 2.17. The standard InChI is InChI=1S/C14H19BrO2S/c1-14(2,17-3)8-7-12(16)10-18-13-6-4-5-11(15)9-13/h4-6,9H,7-8,10H2,1-3H3. The van der Waals surface area contributed by atoms with Gasteiger partial charge in [-0.3, -0.25) is 4.79 Å². The van der Waals surface area contributed by atoms with Crippen molar-refractivity contribution in [1.82, 2.24) is 0 Å². The van der Waals surface area contributed by atoms with Gasteiger partial charge in [-0.1, -0.05) is 22.0 Å². The predicted octanol–water partition coefficient (Wildman–Crippen LogP) is 4.32. The van der Waals surface area contributed by atoms with Crippen LogP contribution in [0.3, 0.4) is 0 Å². The summed E-state index contributed by atoms with van der Waals surface area (Å²) in [5.74, 6) is 0.793. The molecule has 0 bridgehead atoms. The highest BCUT2D eigenvalue weighted by molar-refractivity contribution is 9.10. The number of ether oxygens (including phenoxy) is 1. The molecule has 0 unspecified atom stereocenters. The molecular formula is C14H19BrO2S. The van der Waals surface area contributed by atoms with Crippen LogP contribution in [0.15, 0.2) is 33.6 Å². The van der Waals surface area contributed by atoms with E-state index in [9.17, 15) is 4.79 Å². The summed E-state index contributed by atoms with van der Waals surface area (Å²) in [6, 6.07) is 8.00. The molecule has 0 saturated carbocycles. The van der Waals surface area contributed by atoms with Gasteiger partial charge in [0, 0.05) is 22.9 Å². The van der Waals surface area contributed by atoms with Crippen molar-refractivity contribution >= 4 is 33.5 Å². The maximum atomic E-state index is 11.8. The van der Waals surface area contributed by atoms with Crippen LogP contribution in [0.25, 0.3) is 0 Å². The fourth-order valence-electron chi connectivity index (χ4n) is 1.34. The van der Waals surface area contributed by atoms with Gasteiger partial charge in [0.1, 0.15) is 5.78 Å². The first-order valence-electron chi connectivity index (χ1n) is 5.88. The third kappa shape index (κ3) is 6.03. The lowest BCUT2D eigenvalue weighted by molar-refractivity contribution is -0.118. The maximum absolute atomic E-state index is 11.8. The minimum atomic E-state index is -0.212. The second-order valence-electron chi connectivity index (χ2n) is 4.75. The fraction of sp³-hybridized carbons (Fsp3) is 0.500. The van der Waals surface area contributed by atoms with Crippen LogP contribution < -0.4 is 0 Å². The highest BCUT2D eigenvalue weighted by atomic mass is 79.9. The molecule has 0 amide bonds. The molecule has 1 aromatic rings. The van der Waals surface area contributed by atoms with Crippen molar-refractivity contribution in [1.29, 1.82) is 0 Å². The Balaban J connectivity index is 2.34. The zero-order chi connectivity index (χ0) is 13.6. The van der Waals surface area contributed by atoms with Crippen LogP contribution in [-0.4, -0.2) is 24.2 Å². The molecule has 18 heavy (non-hydrogen) atoms. The molecule has 0 aliphatic heterocycles. The molecule has 1 aromatic carbocycles. The highest BCUT2D eigenvalue weighted by Crippen LogP contribution is 2.23. The molecule has 0 atom stereocenters. The Morgan fingerprint density at radius 1 is 1.44 bits per heavy atom. The van der Waals surface area contributed by atoms with Crippen molar-refractivity contribution in [2.24, 2.45) is 0 Å². The Labute approximate surface area is 122 Å². The topological polar surface area (TPSA) is 26.3 Å². The van der Waals surface area contributed by atoms with Gasteiger partial charge in [0.25, 0.3) is 0 Å². The number of carbonyl (C=O) groups is 1. The van der Waals surface area contributed by atoms with Gasteiger partial charge < -0.3 is 4.74 Å². The van der Waals surface area contributed by atoms with Crippen molar-refractivity contribution in [2.45, 2.75) is 37.2 Å². The number of rotatable bonds is 7. The molecule has 0 saturated heterocycles. The number of halogens is 1. The second kappa shape index (κ2) is 7.31. The maximum Gasteiger partial charge on any atom is 0.143 e. The molecule has 0 spiro atoms. The number of carbonyl (C=O) groups excluding carboxylic acids is 1. The van der Waals surface area contributed by atoms with E-state index in [0.717, 1.165) is 15.8 Å². The van der Waals surface area contributed by atoms with Crippen LogP contribution >= 0.6 is 27.7 Å². The zero-order valence-corrected chi connectivity index (χ0v) is 13.4. The van der Waals surface area contributed by atoms with E-state index in [0.29, 0.717) is 12.2 Å². The molecule has 2 nitrogen and oxygen atoms in total. The van der Waals surface area contributed by atoms with Crippen LogP contribution in [-0.2, 0) is 9.53 Å². The molecule has 4 heteroatoms. The number of hydrogen-bond acceptors (Lipinski definition) is 3. The van der Waals surface area contributed by atoms with Crippen LogP contribution in [0, 0.1) is 0 Å². The Morgan fingerprint density at radius 2 is 2.17 bits per heavy atom. The van der Waals surface area contributed by atoms with E-state index in [-0.39, 0.29) is 11.4 Å². The van der Waals surface area contributed by atoms with Crippen LogP contribution in [0.4, 0.5) is 0 Å². The summed E-state index contributed by atoms with van der Waals surface area (Å²) in [4.78, 5) is 12.9. The Bertz CT molecular complexity index is 405. The van der Waals surface area contributed by atoms with Gasteiger partial charge in [0.2, 0.25) is 0 Å². The molecule has 0 fully saturated rings. The average molecular weight is 331 g/mol. The Hall–Kier alpha value is -0.320. The minimum Gasteiger partial charge on any atom is -0.379 e. The summed E-state index contributed by atoms with van der Waals surface area (Å²) < 4.78 is 6.34. The van der Waals surface area contributed by atoms with E-state index in [2.05, 4.69) is 15.9 Å². The molecule has 1 rings (SSSR count). The van der Waals surface area contributed by atoms with E-state index in [4.69, 9.17) is 4.74 Å². The first-order chi connectivity index (χ1) is 8.43. The molecule has 0 radical (unpaired) electrons. The minimum absolute atomic E-state index is 0.212. The van der Waals surface area contributed by atoms with Crippen LogP contribution in [0.1, 0.15) is 26.7 Å². The number of hydrogen-bond donors (Lipinski definition) is 0. The summed E-state index contributed by atoms with van der Waals surface area (Å²) in [6.45, 7) is 4.00. The summed E-state index contributed by atoms with van der Waals surface area (Å²) in [5.41, 5.74) is -0.212.